The molecule has 0 saturated heterocycles. The summed E-state index contributed by atoms with van der Waals surface area (Å²) < 4.78 is 11.6. The fourth-order valence-electron chi connectivity index (χ4n) is 2.63. The van der Waals surface area contributed by atoms with Crippen molar-refractivity contribution < 1.29 is 9.15 Å². The summed E-state index contributed by atoms with van der Waals surface area (Å²) in [4.78, 5) is 8.82. The summed E-state index contributed by atoms with van der Waals surface area (Å²) in [5, 5.41) is 0.846. The van der Waals surface area contributed by atoms with E-state index in [4.69, 9.17) is 9.15 Å². The highest BCUT2D eigenvalue weighted by atomic mass is 16.5. The molecule has 0 aliphatic rings. The van der Waals surface area contributed by atoms with Crippen LogP contribution in [-0.4, -0.2) is 9.97 Å². The lowest BCUT2D eigenvalue weighted by Gasteiger charge is -2.11. The van der Waals surface area contributed by atoms with Crippen molar-refractivity contribution in [3.8, 4) is 22.8 Å². The molecule has 4 heteroatoms. The Balaban J connectivity index is 1.88. The van der Waals surface area contributed by atoms with Crippen molar-refractivity contribution in [1.29, 1.82) is 0 Å². The molecule has 1 aromatic carbocycles. The van der Waals surface area contributed by atoms with E-state index in [0.29, 0.717) is 5.88 Å². The molecule has 0 amide bonds. The molecule has 4 rings (SSSR count). The largest absolute Gasteiger partial charge is 0.463 e. The smallest absolute Gasteiger partial charge is 0.230 e. The second kappa shape index (κ2) is 5.57. The quantitative estimate of drug-likeness (QED) is 0.535. The predicted molar refractivity (Wildman–Crippen MR) is 88.5 cm³/mol. The monoisotopic (exact) mass is 302 g/mol. The molecule has 0 spiro atoms. The van der Waals surface area contributed by atoms with Gasteiger partial charge in [0, 0.05) is 23.5 Å². The number of ether oxygens (including phenoxy) is 1. The Morgan fingerprint density at radius 1 is 1.00 bits per heavy atom. The number of hydrogen-bond donors (Lipinski definition) is 0. The molecule has 0 saturated carbocycles. The van der Waals surface area contributed by atoms with Gasteiger partial charge in [-0.1, -0.05) is 24.3 Å². The number of fused-ring (bicyclic) bond motifs is 1. The molecule has 23 heavy (non-hydrogen) atoms. The topological polar surface area (TPSA) is 48.2 Å². The number of aromatic nitrogens is 2. The van der Waals surface area contributed by atoms with Crippen LogP contribution < -0.4 is 4.74 Å². The summed E-state index contributed by atoms with van der Waals surface area (Å²) in [6, 6.07) is 15.4. The number of hydrogen-bond acceptors (Lipinski definition) is 4. The SMILES string of the molecule is Cc1nc(Oc2ccccc2)c2ccoc2c1-c1cccnc1. The average Bonchev–Trinajstić information content (AvgIpc) is 3.06. The summed E-state index contributed by atoms with van der Waals surface area (Å²) >= 11 is 0. The van der Waals surface area contributed by atoms with Crippen molar-refractivity contribution >= 4 is 11.0 Å². The van der Waals surface area contributed by atoms with Gasteiger partial charge in [-0.3, -0.25) is 4.98 Å². The van der Waals surface area contributed by atoms with Crippen LogP contribution in [0.4, 0.5) is 0 Å². The Kier molecular flexibility index (Phi) is 3.27. The number of pyridine rings is 2. The molecule has 112 valence electrons. The minimum atomic E-state index is 0.546. The summed E-state index contributed by atoms with van der Waals surface area (Å²) in [6.07, 6.45) is 5.21. The minimum Gasteiger partial charge on any atom is -0.463 e. The third kappa shape index (κ3) is 2.44. The molecule has 0 aliphatic carbocycles. The molecule has 0 atom stereocenters. The number of aryl methyl sites for hydroxylation is 1. The number of benzene rings is 1. The highest BCUT2D eigenvalue weighted by Crippen LogP contribution is 2.37. The maximum Gasteiger partial charge on any atom is 0.230 e. The van der Waals surface area contributed by atoms with Crippen LogP contribution in [0.5, 0.6) is 11.6 Å². The molecule has 4 aromatic rings. The molecule has 4 nitrogen and oxygen atoms in total. The lowest BCUT2D eigenvalue weighted by molar-refractivity contribution is 0.467. The maximum absolute atomic E-state index is 5.93. The summed E-state index contributed by atoms with van der Waals surface area (Å²) in [7, 11) is 0. The lowest BCUT2D eigenvalue weighted by Crippen LogP contribution is -1.94. The third-order valence-corrected chi connectivity index (χ3v) is 3.66. The van der Waals surface area contributed by atoms with Gasteiger partial charge in [0.25, 0.3) is 0 Å². The van der Waals surface area contributed by atoms with E-state index in [-0.39, 0.29) is 0 Å². The number of rotatable bonds is 3. The van der Waals surface area contributed by atoms with E-state index in [0.717, 1.165) is 33.5 Å². The van der Waals surface area contributed by atoms with E-state index in [2.05, 4.69) is 9.97 Å². The lowest BCUT2D eigenvalue weighted by atomic mass is 10.0. The first-order valence-corrected chi connectivity index (χ1v) is 7.34. The molecular weight excluding hydrogens is 288 g/mol. The van der Waals surface area contributed by atoms with Gasteiger partial charge in [0.1, 0.15) is 11.3 Å². The Labute approximate surface area is 133 Å². The molecular formula is C19H14N2O2. The van der Waals surface area contributed by atoms with E-state index >= 15 is 0 Å². The van der Waals surface area contributed by atoms with Gasteiger partial charge in [0.2, 0.25) is 5.88 Å². The van der Waals surface area contributed by atoms with Crippen molar-refractivity contribution in [1.82, 2.24) is 9.97 Å². The van der Waals surface area contributed by atoms with Crippen LogP contribution >= 0.6 is 0 Å². The minimum absolute atomic E-state index is 0.546. The normalized spacial score (nSPS) is 10.8. The first-order chi connectivity index (χ1) is 11.3. The van der Waals surface area contributed by atoms with Gasteiger partial charge in [-0.05, 0) is 31.2 Å². The van der Waals surface area contributed by atoms with Crippen molar-refractivity contribution in [3.63, 3.8) is 0 Å². The highest BCUT2D eigenvalue weighted by Gasteiger charge is 2.17. The Morgan fingerprint density at radius 3 is 2.65 bits per heavy atom. The van der Waals surface area contributed by atoms with Gasteiger partial charge in [-0.25, -0.2) is 4.98 Å². The van der Waals surface area contributed by atoms with Crippen LogP contribution in [0.15, 0.2) is 71.6 Å². The first kappa shape index (κ1) is 13.5. The molecule has 3 aromatic heterocycles. The Morgan fingerprint density at radius 2 is 1.87 bits per heavy atom. The molecule has 0 N–H and O–H groups in total. The zero-order chi connectivity index (χ0) is 15.6. The van der Waals surface area contributed by atoms with E-state index in [9.17, 15) is 0 Å². The fourth-order valence-corrected chi connectivity index (χ4v) is 2.63. The van der Waals surface area contributed by atoms with Crippen molar-refractivity contribution in [2.75, 3.05) is 0 Å². The Bertz CT molecular complexity index is 947. The summed E-state index contributed by atoms with van der Waals surface area (Å²) in [6.45, 7) is 1.95. The number of furan rings is 1. The average molecular weight is 302 g/mol. The maximum atomic E-state index is 5.93. The van der Waals surface area contributed by atoms with Crippen molar-refractivity contribution in [2.45, 2.75) is 6.92 Å². The van der Waals surface area contributed by atoms with E-state index in [1.54, 1.807) is 12.5 Å². The van der Waals surface area contributed by atoms with Gasteiger partial charge in [-0.2, -0.15) is 0 Å². The first-order valence-electron chi connectivity index (χ1n) is 7.34. The van der Waals surface area contributed by atoms with Gasteiger partial charge < -0.3 is 9.15 Å². The van der Waals surface area contributed by atoms with Crippen LogP contribution in [-0.2, 0) is 0 Å². The second-order valence-corrected chi connectivity index (χ2v) is 5.20. The Hall–Kier alpha value is -3.14. The number of nitrogens with zero attached hydrogens (tertiary/aromatic N) is 2. The van der Waals surface area contributed by atoms with Crippen molar-refractivity contribution in [3.05, 3.63) is 72.9 Å². The van der Waals surface area contributed by atoms with Crippen LogP contribution in [0.2, 0.25) is 0 Å². The molecule has 0 aliphatic heterocycles. The highest BCUT2D eigenvalue weighted by molar-refractivity contribution is 5.96. The summed E-state index contributed by atoms with van der Waals surface area (Å²) in [5.74, 6) is 1.29. The van der Waals surface area contributed by atoms with Gasteiger partial charge >= 0.3 is 0 Å². The summed E-state index contributed by atoms with van der Waals surface area (Å²) in [5.41, 5.74) is 3.52. The standard InChI is InChI=1S/C19H14N2O2/c1-13-17(14-6-5-10-20-12-14)18-16(9-11-22-18)19(21-13)23-15-7-3-2-4-8-15/h2-12H,1H3. The molecule has 0 bridgehead atoms. The van der Waals surface area contributed by atoms with Gasteiger partial charge in [0.05, 0.1) is 17.3 Å². The second-order valence-electron chi connectivity index (χ2n) is 5.20. The third-order valence-electron chi connectivity index (χ3n) is 3.66. The van der Waals surface area contributed by atoms with Crippen LogP contribution in [0.1, 0.15) is 5.69 Å². The van der Waals surface area contributed by atoms with Crippen LogP contribution in [0.3, 0.4) is 0 Å². The van der Waals surface area contributed by atoms with E-state index in [1.807, 2.05) is 61.7 Å². The fraction of sp³-hybridized carbons (Fsp3) is 0.0526. The zero-order valence-corrected chi connectivity index (χ0v) is 12.6. The predicted octanol–water partition coefficient (Wildman–Crippen LogP) is 4.99. The molecule has 0 unspecified atom stereocenters. The van der Waals surface area contributed by atoms with E-state index < -0.39 is 0 Å². The molecule has 0 fully saturated rings. The molecule has 0 radical (unpaired) electrons. The van der Waals surface area contributed by atoms with Crippen molar-refractivity contribution in [2.24, 2.45) is 0 Å². The number of para-hydroxylation sites is 1. The van der Waals surface area contributed by atoms with Crippen LogP contribution in [0.25, 0.3) is 22.1 Å². The van der Waals surface area contributed by atoms with Gasteiger partial charge in [0.15, 0.2) is 0 Å². The molecule has 3 heterocycles. The zero-order valence-electron chi connectivity index (χ0n) is 12.6. The van der Waals surface area contributed by atoms with Crippen LogP contribution in [0, 0.1) is 6.92 Å². The van der Waals surface area contributed by atoms with Gasteiger partial charge in [-0.15, -0.1) is 0 Å². The van der Waals surface area contributed by atoms with E-state index in [1.165, 1.54) is 0 Å².